The number of nitrogens with one attached hydrogen (secondary N) is 1. The van der Waals surface area contributed by atoms with E-state index in [-0.39, 0.29) is 84.8 Å². The van der Waals surface area contributed by atoms with Crippen LogP contribution < -0.4 is 30.0 Å². The summed E-state index contributed by atoms with van der Waals surface area (Å²) in [5.74, 6) is -1.23. The number of carboxylic acids is 1. The van der Waals surface area contributed by atoms with Crippen LogP contribution in [-0.2, 0) is 33.4 Å². The number of primary amides is 1. The normalized spacial score (nSPS) is 18.2. The van der Waals surface area contributed by atoms with E-state index in [2.05, 4.69) is 11.4 Å². The van der Waals surface area contributed by atoms with E-state index in [9.17, 15) is 47.2 Å². The molecule has 2 aromatic carbocycles. The highest BCUT2D eigenvalue weighted by Crippen LogP contribution is 2.36. The van der Waals surface area contributed by atoms with Crippen LogP contribution in [0.1, 0.15) is 187 Å². The number of hydrogen-bond donors (Lipinski definition) is 3. The molecule has 2 saturated heterocycles. The SMILES string of the molecule is COCCCOc1cc(C(=O)N(C(C)C)[C@@H]2CC[C@H](CCN(C(=O)CC(C)(C)C#N)C3CC3)N(C(=O)OC(C)(C)C)C2)ccc1OC.COCCCOc1cc(C(=O)N(C(C)C)[C@@H]2CC[C@H](CCN(C(=O)CC(C)(C)C(N)=O)C3CC3)NC2)ccc1OC.O=C(O)C(F)(F)F. The molecule has 6 amide bonds. The Morgan fingerprint density at radius 3 is 1.47 bits per heavy atom. The topological polar surface area (TPSA) is 282 Å². The molecule has 0 spiro atoms. The Bertz CT molecular complexity index is 2880. The van der Waals surface area contributed by atoms with Crippen molar-refractivity contribution in [2.45, 2.75) is 226 Å². The van der Waals surface area contributed by atoms with Crippen LogP contribution in [0.4, 0.5) is 18.0 Å². The molecular weight excluding hydrogens is 1240 g/mol. The summed E-state index contributed by atoms with van der Waals surface area (Å²) >= 11 is 0. The summed E-state index contributed by atoms with van der Waals surface area (Å²) in [7, 11) is 6.45. The van der Waals surface area contributed by atoms with Crippen molar-refractivity contribution >= 4 is 41.6 Å². The number of aliphatic carboxylic acids is 1. The number of halogens is 3. The molecule has 4 aliphatic rings. The molecular formula is C69H107F3N8O15. The van der Waals surface area contributed by atoms with Crippen molar-refractivity contribution in [1.82, 2.24) is 29.8 Å². The van der Waals surface area contributed by atoms with Gasteiger partial charge in [-0.3, -0.25) is 24.0 Å². The number of alkyl halides is 3. The Hall–Kier alpha value is -7.11. The quantitative estimate of drug-likeness (QED) is 0.0592. The fourth-order valence-electron chi connectivity index (χ4n) is 11.5. The second-order valence-electron chi connectivity index (χ2n) is 27.7. The molecule has 4 fully saturated rings. The standard InChI is InChI=1S/C36H56N4O7.C31H50N4O6.C2HF3O2/c1-25(2)40(33(42)26-11-16-30(45-9)31(21-26)46-20-10-19-44-8)29-15-14-28(39(23-29)34(43)47-35(3,4)5)17-18-38(27-12-13-27)32(41)22-36(6,7)24-37;1-21(2)35(29(37)22-8-13-26(40-6)27(18-22)41-17-7-16-39-5)25-10-9-23(33-20-25)14-15-34(24-11-12-24)28(36)19-31(3,4)30(32)38;3-2(4,5)1(6)7/h11,16,21,25,27-29H,10,12-15,17-20,22-23H2,1-9H3;8,13,18,21,23-25,33H,7,9-12,14-17,19-20H2,1-6H3,(H2,32,38);(H,6,7)/t28-,29-;23-,25-;/m11./s1. The zero-order valence-corrected chi connectivity index (χ0v) is 58.7. The van der Waals surface area contributed by atoms with Crippen molar-refractivity contribution in [2.75, 3.05) is 81.0 Å². The first-order chi connectivity index (χ1) is 44.5. The summed E-state index contributed by atoms with van der Waals surface area (Å²) in [6.07, 6.45) is 4.76. The molecule has 4 N–H and O–H groups in total. The summed E-state index contributed by atoms with van der Waals surface area (Å²) in [4.78, 5) is 97.9. The smallest absolute Gasteiger partial charge is 0.490 e. The molecule has 95 heavy (non-hydrogen) atoms. The molecule has 6 rings (SSSR count). The van der Waals surface area contributed by atoms with E-state index in [1.165, 1.54) is 0 Å². The third-order valence-corrected chi connectivity index (χ3v) is 16.9. The number of piperidine rings is 2. The minimum atomic E-state index is -5.08. The number of benzene rings is 2. The molecule has 23 nitrogen and oxygen atoms in total. The van der Waals surface area contributed by atoms with Gasteiger partial charge in [-0.15, -0.1) is 0 Å². The van der Waals surface area contributed by atoms with Gasteiger partial charge in [0.2, 0.25) is 17.7 Å². The van der Waals surface area contributed by atoms with E-state index in [1.807, 2.05) is 68.1 Å². The second-order valence-corrected chi connectivity index (χ2v) is 27.7. The van der Waals surface area contributed by atoms with Crippen LogP contribution in [0.15, 0.2) is 36.4 Å². The van der Waals surface area contributed by atoms with Crippen molar-refractivity contribution in [2.24, 2.45) is 16.6 Å². The highest BCUT2D eigenvalue weighted by Gasteiger charge is 2.43. The van der Waals surface area contributed by atoms with Crippen LogP contribution in [0.25, 0.3) is 0 Å². The van der Waals surface area contributed by atoms with E-state index in [1.54, 1.807) is 97.4 Å². The molecule has 0 unspecified atom stereocenters. The van der Waals surface area contributed by atoms with Gasteiger partial charge < -0.3 is 73.8 Å². The maximum Gasteiger partial charge on any atom is 0.490 e. The summed E-state index contributed by atoms with van der Waals surface area (Å²) in [5, 5.41) is 20.3. The van der Waals surface area contributed by atoms with Crippen molar-refractivity contribution in [3.05, 3.63) is 47.5 Å². The maximum absolute atomic E-state index is 14.1. The number of ether oxygens (including phenoxy) is 7. The third-order valence-electron chi connectivity index (χ3n) is 16.9. The van der Waals surface area contributed by atoms with Gasteiger partial charge >= 0.3 is 18.2 Å². The van der Waals surface area contributed by atoms with E-state index in [0.717, 1.165) is 51.4 Å². The van der Waals surface area contributed by atoms with Crippen molar-refractivity contribution < 1.29 is 85.0 Å². The fourth-order valence-corrected chi connectivity index (χ4v) is 11.5. The predicted octanol–water partition coefficient (Wildman–Crippen LogP) is 10.0. The van der Waals surface area contributed by atoms with Gasteiger partial charge in [-0.05, 0) is 163 Å². The van der Waals surface area contributed by atoms with Crippen LogP contribution in [0.3, 0.4) is 0 Å². The maximum atomic E-state index is 14.1. The lowest BCUT2D eigenvalue weighted by molar-refractivity contribution is -0.192. The van der Waals surface area contributed by atoms with E-state index < -0.39 is 40.6 Å². The zero-order valence-electron chi connectivity index (χ0n) is 58.7. The molecule has 4 atom stereocenters. The Morgan fingerprint density at radius 2 is 1.08 bits per heavy atom. The zero-order chi connectivity index (χ0) is 71.2. The minimum Gasteiger partial charge on any atom is -0.493 e. The third kappa shape index (κ3) is 25.8. The van der Waals surface area contributed by atoms with Gasteiger partial charge in [-0.2, -0.15) is 18.4 Å². The summed E-state index contributed by atoms with van der Waals surface area (Å²) in [5.41, 5.74) is 4.27. The lowest BCUT2D eigenvalue weighted by Crippen LogP contribution is -2.58. The van der Waals surface area contributed by atoms with Gasteiger partial charge in [0.1, 0.15) is 5.60 Å². The highest BCUT2D eigenvalue weighted by molar-refractivity contribution is 5.96. The molecule has 534 valence electrons. The lowest BCUT2D eigenvalue weighted by atomic mass is 9.88. The number of carbonyl (C=O) groups is 7. The number of rotatable bonds is 31. The van der Waals surface area contributed by atoms with E-state index in [4.69, 9.17) is 48.8 Å². The molecule has 2 aliphatic carbocycles. The number of methoxy groups -OCH3 is 4. The molecule has 2 aromatic rings. The first-order valence-corrected chi connectivity index (χ1v) is 33.1. The number of nitriles is 1. The molecule has 0 bridgehead atoms. The molecule has 0 radical (unpaired) electrons. The van der Waals surface area contributed by atoms with Gasteiger partial charge in [0.15, 0.2) is 23.0 Å². The Kier molecular flexibility index (Phi) is 31.2. The molecule has 26 heteroatoms. The molecule has 2 aliphatic heterocycles. The number of carboxylic acid groups (broad SMARTS) is 1. The number of nitrogens with zero attached hydrogens (tertiary/aromatic N) is 6. The van der Waals surface area contributed by atoms with Gasteiger partial charge in [-0.1, -0.05) is 13.8 Å². The number of likely N-dealkylation sites (tertiary alicyclic amines) is 1. The molecule has 2 heterocycles. The summed E-state index contributed by atoms with van der Waals surface area (Å²) < 4.78 is 70.6. The predicted molar refractivity (Wildman–Crippen MR) is 351 cm³/mol. The van der Waals surface area contributed by atoms with Crippen LogP contribution in [0.5, 0.6) is 23.0 Å². The van der Waals surface area contributed by atoms with Gasteiger partial charge in [0.25, 0.3) is 11.8 Å². The first kappa shape index (κ1) is 80.3. The van der Waals surface area contributed by atoms with Crippen LogP contribution in [-0.4, -0.2) is 212 Å². The van der Waals surface area contributed by atoms with Gasteiger partial charge in [0, 0.05) is 133 Å². The van der Waals surface area contributed by atoms with Crippen LogP contribution in [0.2, 0.25) is 0 Å². The van der Waals surface area contributed by atoms with E-state index in [0.29, 0.717) is 112 Å². The van der Waals surface area contributed by atoms with E-state index >= 15 is 0 Å². The highest BCUT2D eigenvalue weighted by atomic mass is 19.4. The fraction of sp³-hybridized carbons (Fsp3) is 0.710. The Morgan fingerprint density at radius 1 is 0.642 bits per heavy atom. The Labute approximate surface area is 560 Å². The summed E-state index contributed by atoms with van der Waals surface area (Å²) in [6, 6.07) is 13.1. The largest absolute Gasteiger partial charge is 0.493 e. The van der Waals surface area contributed by atoms with Gasteiger partial charge in [-0.25, -0.2) is 9.59 Å². The van der Waals surface area contributed by atoms with Crippen molar-refractivity contribution in [1.29, 1.82) is 5.26 Å². The lowest BCUT2D eigenvalue weighted by Gasteiger charge is -2.45. The Balaban J connectivity index is 0.000000370. The van der Waals surface area contributed by atoms with Crippen molar-refractivity contribution in [3.8, 4) is 29.1 Å². The first-order valence-electron chi connectivity index (χ1n) is 33.1. The number of carbonyl (C=O) groups excluding carboxylic acids is 6. The van der Waals surface area contributed by atoms with Crippen molar-refractivity contribution in [3.63, 3.8) is 0 Å². The molecule has 0 aromatic heterocycles. The van der Waals surface area contributed by atoms with Crippen LogP contribution >= 0.6 is 0 Å². The summed E-state index contributed by atoms with van der Waals surface area (Å²) in [6.45, 7) is 24.8. The number of hydrogen-bond acceptors (Lipinski definition) is 16. The van der Waals surface area contributed by atoms with Gasteiger partial charge in [0.05, 0.1) is 50.4 Å². The average molecular weight is 1350 g/mol. The number of amides is 6. The van der Waals surface area contributed by atoms with Crippen LogP contribution in [0, 0.1) is 22.2 Å². The number of nitrogens with two attached hydrogens (primary N) is 1. The minimum absolute atomic E-state index is 0.00287. The monoisotopic (exact) mass is 1340 g/mol. The second kappa shape index (κ2) is 36.8. The molecule has 2 saturated carbocycles. The average Bonchev–Trinajstić information content (AvgIpc) is 1.70.